The number of thiazole rings is 1. The largest absolute Gasteiger partial charge is 0.497 e. The molecule has 1 atom stereocenters. The van der Waals surface area contributed by atoms with Crippen LogP contribution in [0.5, 0.6) is 17.2 Å². The lowest BCUT2D eigenvalue weighted by Gasteiger charge is -2.23. The molecule has 128 valence electrons. The van der Waals surface area contributed by atoms with Gasteiger partial charge in [0.05, 0.1) is 17.3 Å². The van der Waals surface area contributed by atoms with Crippen LogP contribution in [0.1, 0.15) is 0 Å². The molecule has 1 aliphatic heterocycles. The maximum atomic E-state index is 12.5. The fourth-order valence-corrected chi connectivity index (χ4v) is 3.71. The number of amides is 1. The van der Waals surface area contributed by atoms with Crippen molar-refractivity contribution in [3.63, 3.8) is 0 Å². The van der Waals surface area contributed by atoms with Crippen LogP contribution in [0.15, 0.2) is 47.5 Å². The summed E-state index contributed by atoms with van der Waals surface area (Å²) >= 11 is 1.43. The Balaban J connectivity index is 1.66. The van der Waals surface area contributed by atoms with Crippen molar-refractivity contribution in [1.29, 1.82) is 0 Å². The zero-order valence-corrected chi connectivity index (χ0v) is 14.6. The Kier molecular flexibility index (Phi) is 3.93. The minimum absolute atomic E-state index is 0.155. The van der Waals surface area contributed by atoms with Gasteiger partial charge in [-0.1, -0.05) is 23.5 Å². The van der Waals surface area contributed by atoms with Crippen molar-refractivity contribution >= 4 is 27.5 Å². The number of aryl methyl sites for hydroxylation is 1. The van der Waals surface area contributed by atoms with Gasteiger partial charge in [-0.15, -0.1) is 0 Å². The first-order valence-electron chi connectivity index (χ1n) is 7.76. The quantitative estimate of drug-likeness (QED) is 0.708. The molecule has 1 aromatic heterocycles. The standard InChI is InChI=1S/C18H16N2O4S/c1-20-12-8-7-11(22-2)9-16(12)25-18(20)19-17(21)15-10-23-13-5-3-4-6-14(13)24-15/h3-9,15H,10H2,1-2H3/t15-/m1/s1. The van der Waals surface area contributed by atoms with E-state index in [0.717, 1.165) is 16.0 Å². The van der Waals surface area contributed by atoms with E-state index in [4.69, 9.17) is 14.2 Å². The summed E-state index contributed by atoms with van der Waals surface area (Å²) in [5.41, 5.74) is 0.989. The lowest BCUT2D eigenvalue weighted by Crippen LogP contribution is -2.36. The molecule has 0 aliphatic carbocycles. The van der Waals surface area contributed by atoms with Gasteiger partial charge in [-0.2, -0.15) is 4.99 Å². The first-order chi connectivity index (χ1) is 12.2. The number of para-hydroxylation sites is 2. The predicted molar refractivity (Wildman–Crippen MR) is 94.3 cm³/mol. The van der Waals surface area contributed by atoms with Gasteiger partial charge in [0.15, 0.2) is 16.3 Å². The zero-order chi connectivity index (χ0) is 17.4. The molecule has 0 saturated heterocycles. The summed E-state index contributed by atoms with van der Waals surface area (Å²) < 4.78 is 19.4. The summed E-state index contributed by atoms with van der Waals surface area (Å²) in [7, 11) is 3.51. The second-order valence-electron chi connectivity index (χ2n) is 5.59. The number of hydrogen-bond acceptors (Lipinski definition) is 5. The van der Waals surface area contributed by atoms with Crippen molar-refractivity contribution in [2.45, 2.75) is 6.10 Å². The number of rotatable bonds is 2. The molecule has 0 spiro atoms. The van der Waals surface area contributed by atoms with Crippen molar-refractivity contribution in [2.75, 3.05) is 13.7 Å². The van der Waals surface area contributed by atoms with Crippen molar-refractivity contribution in [2.24, 2.45) is 12.0 Å². The van der Waals surface area contributed by atoms with Crippen LogP contribution in [-0.2, 0) is 11.8 Å². The van der Waals surface area contributed by atoms with Gasteiger partial charge in [0.25, 0.3) is 5.91 Å². The van der Waals surface area contributed by atoms with Gasteiger partial charge in [-0.3, -0.25) is 4.79 Å². The van der Waals surface area contributed by atoms with Crippen LogP contribution in [0.2, 0.25) is 0 Å². The molecule has 4 rings (SSSR count). The van der Waals surface area contributed by atoms with Gasteiger partial charge in [0.1, 0.15) is 12.4 Å². The molecule has 1 aliphatic rings. The third-order valence-corrected chi connectivity index (χ3v) is 5.10. The summed E-state index contributed by atoms with van der Waals surface area (Å²) in [6.45, 7) is 0.155. The van der Waals surface area contributed by atoms with Gasteiger partial charge in [-0.25, -0.2) is 0 Å². The number of hydrogen-bond donors (Lipinski definition) is 0. The van der Waals surface area contributed by atoms with Gasteiger partial charge in [-0.05, 0) is 30.3 Å². The second kappa shape index (κ2) is 6.25. The Labute approximate surface area is 147 Å². The molecule has 6 nitrogen and oxygen atoms in total. The zero-order valence-electron chi connectivity index (χ0n) is 13.8. The molecule has 0 saturated carbocycles. The van der Waals surface area contributed by atoms with E-state index < -0.39 is 6.10 Å². The maximum absolute atomic E-state index is 12.5. The normalized spacial score (nSPS) is 16.9. The summed E-state index contributed by atoms with van der Waals surface area (Å²) in [4.78, 5) is 17.4. The summed E-state index contributed by atoms with van der Waals surface area (Å²) in [6, 6.07) is 13.1. The van der Waals surface area contributed by atoms with Crippen LogP contribution in [0.4, 0.5) is 0 Å². The minimum atomic E-state index is -0.741. The molecule has 0 radical (unpaired) electrons. The molecule has 0 N–H and O–H groups in total. The van der Waals surface area contributed by atoms with Crippen LogP contribution in [-0.4, -0.2) is 30.3 Å². The SMILES string of the molecule is COc1ccc2c(c1)sc(=NC(=O)[C@H]1COc3ccccc3O1)n2C. The topological polar surface area (TPSA) is 62.1 Å². The Morgan fingerprint density at radius 3 is 2.88 bits per heavy atom. The number of benzene rings is 2. The summed E-state index contributed by atoms with van der Waals surface area (Å²) in [5.74, 6) is 1.62. The molecule has 3 aromatic rings. The average Bonchev–Trinajstić information content (AvgIpc) is 2.96. The molecule has 0 bridgehead atoms. The number of nitrogens with zero attached hydrogens (tertiary/aromatic N) is 2. The highest BCUT2D eigenvalue weighted by atomic mass is 32.1. The molecule has 1 amide bonds. The lowest BCUT2D eigenvalue weighted by molar-refractivity contribution is -0.127. The first-order valence-corrected chi connectivity index (χ1v) is 8.58. The number of ether oxygens (including phenoxy) is 3. The highest BCUT2D eigenvalue weighted by Crippen LogP contribution is 2.31. The van der Waals surface area contributed by atoms with E-state index in [-0.39, 0.29) is 12.5 Å². The number of carbonyl (C=O) groups excluding carboxylic acids is 1. The number of carbonyl (C=O) groups is 1. The van der Waals surface area contributed by atoms with E-state index in [2.05, 4.69) is 4.99 Å². The second-order valence-corrected chi connectivity index (χ2v) is 6.60. The van der Waals surface area contributed by atoms with E-state index in [0.29, 0.717) is 16.3 Å². The van der Waals surface area contributed by atoms with Gasteiger partial charge >= 0.3 is 0 Å². The highest BCUT2D eigenvalue weighted by molar-refractivity contribution is 7.16. The minimum Gasteiger partial charge on any atom is -0.497 e. The van der Waals surface area contributed by atoms with Crippen LogP contribution >= 0.6 is 11.3 Å². The van der Waals surface area contributed by atoms with Gasteiger partial charge in [0.2, 0.25) is 6.10 Å². The third kappa shape index (κ3) is 2.87. The highest BCUT2D eigenvalue weighted by Gasteiger charge is 2.27. The molecule has 0 fully saturated rings. The van der Waals surface area contributed by atoms with Crippen molar-refractivity contribution < 1.29 is 19.0 Å². The van der Waals surface area contributed by atoms with Crippen LogP contribution in [0, 0.1) is 0 Å². The maximum Gasteiger partial charge on any atom is 0.292 e. The number of methoxy groups -OCH3 is 1. The summed E-state index contributed by atoms with van der Waals surface area (Å²) in [6.07, 6.45) is -0.741. The monoisotopic (exact) mass is 356 g/mol. The Bertz CT molecular complexity index is 1020. The molecule has 2 heterocycles. The summed E-state index contributed by atoms with van der Waals surface area (Å²) in [5, 5.41) is 0. The third-order valence-electron chi connectivity index (χ3n) is 4.01. The van der Waals surface area contributed by atoms with Crippen molar-refractivity contribution in [3.05, 3.63) is 47.3 Å². The average molecular weight is 356 g/mol. The van der Waals surface area contributed by atoms with Crippen molar-refractivity contribution in [3.8, 4) is 17.2 Å². The molecular weight excluding hydrogens is 340 g/mol. The van der Waals surface area contributed by atoms with E-state index >= 15 is 0 Å². The Morgan fingerprint density at radius 1 is 1.28 bits per heavy atom. The molecule has 25 heavy (non-hydrogen) atoms. The number of aromatic nitrogens is 1. The molecule has 2 aromatic carbocycles. The van der Waals surface area contributed by atoms with E-state index in [1.165, 1.54) is 11.3 Å². The Hall–Kier alpha value is -2.80. The van der Waals surface area contributed by atoms with Crippen LogP contribution in [0.3, 0.4) is 0 Å². The number of fused-ring (bicyclic) bond motifs is 2. The fourth-order valence-electron chi connectivity index (χ4n) is 2.66. The molecular formula is C18H16N2O4S. The molecule has 0 unspecified atom stereocenters. The van der Waals surface area contributed by atoms with E-state index in [1.807, 2.05) is 48.0 Å². The smallest absolute Gasteiger partial charge is 0.292 e. The van der Waals surface area contributed by atoms with Crippen molar-refractivity contribution in [1.82, 2.24) is 4.57 Å². The van der Waals surface area contributed by atoms with E-state index in [9.17, 15) is 4.79 Å². The van der Waals surface area contributed by atoms with Gasteiger partial charge in [0, 0.05) is 7.05 Å². The van der Waals surface area contributed by atoms with Crippen LogP contribution in [0.25, 0.3) is 10.2 Å². The lowest BCUT2D eigenvalue weighted by atomic mass is 10.2. The molecule has 7 heteroatoms. The van der Waals surface area contributed by atoms with Crippen LogP contribution < -0.4 is 19.0 Å². The van der Waals surface area contributed by atoms with E-state index in [1.54, 1.807) is 13.2 Å². The van der Waals surface area contributed by atoms with Gasteiger partial charge < -0.3 is 18.8 Å². The fraction of sp³-hybridized carbons (Fsp3) is 0.222. The predicted octanol–water partition coefficient (Wildman–Crippen LogP) is 2.52. The Morgan fingerprint density at radius 2 is 2.08 bits per heavy atom. The first kappa shape index (κ1) is 15.7.